The molecule has 3 aromatic rings. The van der Waals surface area contributed by atoms with E-state index >= 15 is 0 Å². The summed E-state index contributed by atoms with van der Waals surface area (Å²) in [4.78, 5) is 20.0. The minimum Gasteiger partial charge on any atom is -0.451 e. The molecule has 0 aliphatic heterocycles. The van der Waals surface area contributed by atoms with Crippen LogP contribution in [0, 0.1) is 6.92 Å². The number of hydrogen-bond acceptors (Lipinski definition) is 6. The van der Waals surface area contributed by atoms with E-state index in [1.807, 2.05) is 30.3 Å². The van der Waals surface area contributed by atoms with Gasteiger partial charge in [0.2, 0.25) is 0 Å². The molecule has 0 spiro atoms. The number of rotatable bonds is 4. The van der Waals surface area contributed by atoms with Crippen LogP contribution in [0.15, 0.2) is 48.9 Å². The van der Waals surface area contributed by atoms with Crippen LogP contribution in [0.1, 0.15) is 34.9 Å². The number of aromatic nitrogens is 5. The Morgan fingerprint density at radius 3 is 2.74 bits per heavy atom. The Morgan fingerprint density at radius 1 is 1.22 bits per heavy atom. The van der Waals surface area contributed by atoms with Crippen molar-refractivity contribution in [3.05, 3.63) is 66.0 Å². The molecule has 23 heavy (non-hydrogen) atoms. The molecule has 0 saturated heterocycles. The fourth-order valence-electron chi connectivity index (χ4n) is 2.02. The summed E-state index contributed by atoms with van der Waals surface area (Å²) in [6, 6.07) is 11.2. The SMILES string of the molecule is Cc1cc(C(=O)OC(C)c2cn(-c3ccccc3)nn2)ncn1. The van der Waals surface area contributed by atoms with Gasteiger partial charge < -0.3 is 4.74 Å². The highest BCUT2D eigenvalue weighted by Crippen LogP contribution is 2.17. The van der Waals surface area contributed by atoms with Crippen LogP contribution in [0.3, 0.4) is 0 Å². The molecule has 0 amide bonds. The minimum atomic E-state index is -0.532. The maximum absolute atomic E-state index is 12.1. The Balaban J connectivity index is 1.73. The van der Waals surface area contributed by atoms with Crippen LogP contribution in [0.25, 0.3) is 5.69 Å². The molecule has 0 N–H and O–H groups in total. The van der Waals surface area contributed by atoms with Crippen molar-refractivity contribution in [3.8, 4) is 5.69 Å². The molecule has 0 saturated carbocycles. The number of aryl methyl sites for hydroxylation is 1. The maximum Gasteiger partial charge on any atom is 0.357 e. The van der Waals surface area contributed by atoms with Crippen molar-refractivity contribution in [1.29, 1.82) is 0 Å². The van der Waals surface area contributed by atoms with Crippen molar-refractivity contribution in [1.82, 2.24) is 25.0 Å². The van der Waals surface area contributed by atoms with E-state index in [9.17, 15) is 4.79 Å². The van der Waals surface area contributed by atoms with Gasteiger partial charge in [0, 0.05) is 5.69 Å². The van der Waals surface area contributed by atoms with Crippen LogP contribution in [0.2, 0.25) is 0 Å². The second-order valence-electron chi connectivity index (χ2n) is 5.02. The monoisotopic (exact) mass is 309 g/mol. The molecule has 7 heteroatoms. The topological polar surface area (TPSA) is 82.8 Å². The first-order valence-corrected chi connectivity index (χ1v) is 7.11. The predicted octanol–water partition coefficient (Wildman–Crippen LogP) is 2.28. The first kappa shape index (κ1) is 14.8. The molecule has 0 radical (unpaired) electrons. The van der Waals surface area contributed by atoms with Crippen LogP contribution in [0.4, 0.5) is 0 Å². The largest absolute Gasteiger partial charge is 0.451 e. The lowest BCUT2D eigenvalue weighted by Gasteiger charge is -2.09. The fourth-order valence-corrected chi connectivity index (χ4v) is 2.02. The summed E-state index contributed by atoms with van der Waals surface area (Å²) in [6.07, 6.45) is 2.54. The maximum atomic E-state index is 12.1. The van der Waals surface area contributed by atoms with Gasteiger partial charge in [0.25, 0.3) is 0 Å². The van der Waals surface area contributed by atoms with Gasteiger partial charge in [-0.1, -0.05) is 23.4 Å². The number of nitrogens with zero attached hydrogens (tertiary/aromatic N) is 5. The van der Waals surface area contributed by atoms with Gasteiger partial charge in [0.05, 0.1) is 11.9 Å². The minimum absolute atomic E-state index is 0.222. The van der Waals surface area contributed by atoms with E-state index < -0.39 is 12.1 Å². The van der Waals surface area contributed by atoms with E-state index in [1.54, 1.807) is 30.8 Å². The second-order valence-corrected chi connectivity index (χ2v) is 5.02. The molecule has 0 bridgehead atoms. The van der Waals surface area contributed by atoms with Gasteiger partial charge in [0.1, 0.15) is 18.1 Å². The van der Waals surface area contributed by atoms with Gasteiger partial charge in [-0.2, -0.15) is 0 Å². The van der Waals surface area contributed by atoms with Crippen LogP contribution in [-0.2, 0) is 4.74 Å². The Kier molecular flexibility index (Phi) is 4.09. The van der Waals surface area contributed by atoms with Gasteiger partial charge in [0.15, 0.2) is 5.69 Å². The molecule has 0 fully saturated rings. The molecule has 1 unspecified atom stereocenters. The number of ether oxygens (including phenoxy) is 1. The highest BCUT2D eigenvalue weighted by Gasteiger charge is 2.18. The summed E-state index contributed by atoms with van der Waals surface area (Å²) < 4.78 is 7.02. The number of benzene rings is 1. The number of para-hydroxylation sites is 1. The normalized spacial score (nSPS) is 11.9. The van der Waals surface area contributed by atoms with Gasteiger partial charge in [-0.05, 0) is 32.0 Å². The molecule has 1 aromatic carbocycles. The van der Waals surface area contributed by atoms with Crippen molar-refractivity contribution >= 4 is 5.97 Å². The summed E-state index contributed by atoms with van der Waals surface area (Å²) in [5.41, 5.74) is 2.37. The van der Waals surface area contributed by atoms with Crippen molar-refractivity contribution in [3.63, 3.8) is 0 Å². The molecule has 7 nitrogen and oxygen atoms in total. The van der Waals surface area contributed by atoms with Gasteiger partial charge >= 0.3 is 5.97 Å². The third-order valence-corrected chi connectivity index (χ3v) is 3.25. The first-order chi connectivity index (χ1) is 11.1. The lowest BCUT2D eigenvalue weighted by atomic mass is 10.3. The van der Waals surface area contributed by atoms with E-state index in [0.717, 1.165) is 5.69 Å². The third-order valence-electron chi connectivity index (χ3n) is 3.25. The van der Waals surface area contributed by atoms with Gasteiger partial charge in [-0.3, -0.25) is 0 Å². The van der Waals surface area contributed by atoms with Crippen LogP contribution < -0.4 is 0 Å². The molecule has 0 aliphatic carbocycles. The smallest absolute Gasteiger partial charge is 0.357 e. The quantitative estimate of drug-likeness (QED) is 0.688. The van der Waals surface area contributed by atoms with E-state index in [-0.39, 0.29) is 5.69 Å². The van der Waals surface area contributed by atoms with Crippen LogP contribution >= 0.6 is 0 Å². The fraction of sp³-hybridized carbons (Fsp3) is 0.188. The van der Waals surface area contributed by atoms with E-state index in [2.05, 4.69) is 20.3 Å². The average molecular weight is 309 g/mol. The van der Waals surface area contributed by atoms with Crippen molar-refractivity contribution in [2.75, 3.05) is 0 Å². The predicted molar refractivity (Wildman–Crippen MR) is 82.0 cm³/mol. The Hall–Kier alpha value is -3.09. The van der Waals surface area contributed by atoms with E-state index in [4.69, 9.17) is 4.74 Å². The van der Waals surface area contributed by atoms with E-state index in [0.29, 0.717) is 11.4 Å². The summed E-state index contributed by atoms with van der Waals surface area (Å²) in [5.74, 6) is -0.516. The Bertz CT molecular complexity index is 816. The summed E-state index contributed by atoms with van der Waals surface area (Å²) >= 11 is 0. The number of carbonyl (C=O) groups is 1. The van der Waals surface area contributed by atoms with Crippen LogP contribution in [-0.4, -0.2) is 30.9 Å². The number of carbonyl (C=O) groups excluding carboxylic acids is 1. The average Bonchev–Trinajstić information content (AvgIpc) is 3.06. The van der Waals surface area contributed by atoms with Gasteiger partial charge in [-0.15, -0.1) is 5.10 Å². The standard InChI is InChI=1S/C16H15N5O2/c1-11-8-14(18-10-17-11)16(22)23-12(2)15-9-21(20-19-15)13-6-4-3-5-7-13/h3-10,12H,1-2H3. The zero-order valence-corrected chi connectivity index (χ0v) is 12.7. The highest BCUT2D eigenvalue weighted by molar-refractivity contribution is 5.87. The molecule has 1 atom stereocenters. The lowest BCUT2D eigenvalue weighted by molar-refractivity contribution is 0.0321. The number of esters is 1. The molecule has 116 valence electrons. The Morgan fingerprint density at radius 2 is 2.00 bits per heavy atom. The lowest BCUT2D eigenvalue weighted by Crippen LogP contribution is -2.11. The number of hydrogen-bond donors (Lipinski definition) is 0. The highest BCUT2D eigenvalue weighted by atomic mass is 16.5. The summed E-state index contributed by atoms with van der Waals surface area (Å²) in [5, 5.41) is 8.11. The summed E-state index contributed by atoms with van der Waals surface area (Å²) in [7, 11) is 0. The van der Waals surface area contributed by atoms with Crippen molar-refractivity contribution < 1.29 is 9.53 Å². The Labute approximate surface area is 133 Å². The molecule has 2 heterocycles. The van der Waals surface area contributed by atoms with Crippen molar-refractivity contribution in [2.45, 2.75) is 20.0 Å². The molecule has 0 aliphatic rings. The van der Waals surface area contributed by atoms with Crippen LogP contribution in [0.5, 0.6) is 0 Å². The molecule has 3 rings (SSSR count). The second kappa shape index (κ2) is 6.35. The zero-order valence-electron chi connectivity index (χ0n) is 12.7. The summed E-state index contributed by atoms with van der Waals surface area (Å²) in [6.45, 7) is 3.53. The molecular weight excluding hydrogens is 294 g/mol. The first-order valence-electron chi connectivity index (χ1n) is 7.11. The van der Waals surface area contributed by atoms with Crippen molar-refractivity contribution in [2.24, 2.45) is 0 Å². The molecule has 2 aromatic heterocycles. The van der Waals surface area contributed by atoms with Gasteiger partial charge in [-0.25, -0.2) is 19.4 Å². The molecular formula is C16H15N5O2. The third kappa shape index (κ3) is 3.39. The zero-order chi connectivity index (χ0) is 16.2. The van der Waals surface area contributed by atoms with E-state index in [1.165, 1.54) is 6.33 Å².